The Morgan fingerprint density at radius 3 is 2.39 bits per heavy atom. The third-order valence-corrected chi connectivity index (χ3v) is 3.97. The second-order valence-electron chi connectivity index (χ2n) is 5.45. The largest absolute Gasteiger partial charge is 0.330 e. The first-order valence-corrected chi connectivity index (χ1v) is 7.93. The van der Waals surface area contributed by atoms with Gasteiger partial charge in [-0.2, -0.15) is 0 Å². The van der Waals surface area contributed by atoms with Crippen molar-refractivity contribution in [3.8, 4) is 0 Å². The number of likely N-dealkylation sites (N-methyl/N-ethyl adjacent to an activating group) is 1. The lowest BCUT2D eigenvalue weighted by atomic mass is 10.1. The predicted molar refractivity (Wildman–Crippen MR) is 96.4 cm³/mol. The lowest BCUT2D eigenvalue weighted by Crippen LogP contribution is -2.37. The molecule has 0 saturated carbocycles. The molecule has 23 heavy (non-hydrogen) atoms. The van der Waals surface area contributed by atoms with Crippen LogP contribution in [-0.4, -0.2) is 31.6 Å². The molecule has 6 heteroatoms. The lowest BCUT2D eigenvalue weighted by Gasteiger charge is -2.23. The van der Waals surface area contributed by atoms with E-state index < -0.39 is 0 Å². The van der Waals surface area contributed by atoms with E-state index in [-0.39, 0.29) is 12.1 Å². The Morgan fingerprint density at radius 1 is 1.09 bits per heavy atom. The molecule has 0 unspecified atom stereocenters. The monoisotopic (exact) mass is 351 g/mol. The van der Waals surface area contributed by atoms with Crippen LogP contribution >= 0.6 is 23.2 Å². The van der Waals surface area contributed by atoms with Gasteiger partial charge in [0, 0.05) is 12.2 Å². The first-order valence-electron chi connectivity index (χ1n) is 7.18. The van der Waals surface area contributed by atoms with Crippen LogP contribution < -0.4 is 10.6 Å². The van der Waals surface area contributed by atoms with Crippen molar-refractivity contribution in [1.82, 2.24) is 10.2 Å². The van der Waals surface area contributed by atoms with E-state index in [1.54, 1.807) is 18.2 Å². The van der Waals surface area contributed by atoms with E-state index in [9.17, 15) is 4.79 Å². The number of carbonyl (C=O) groups is 1. The van der Waals surface area contributed by atoms with Gasteiger partial charge in [-0.05, 0) is 37.9 Å². The molecular weight excluding hydrogens is 333 g/mol. The molecule has 0 fully saturated rings. The first kappa shape index (κ1) is 17.6. The smallest absolute Gasteiger partial charge is 0.319 e. The predicted octanol–water partition coefficient (Wildman–Crippen LogP) is 4.42. The lowest BCUT2D eigenvalue weighted by molar-refractivity contribution is 0.244. The Hall–Kier alpha value is -1.75. The summed E-state index contributed by atoms with van der Waals surface area (Å²) in [5.74, 6) is 0. The van der Waals surface area contributed by atoms with Crippen molar-refractivity contribution >= 4 is 34.9 Å². The Labute approximate surface area is 146 Å². The fourth-order valence-electron chi connectivity index (χ4n) is 2.18. The standard InChI is InChI=1S/C17H19Cl2N3O/c1-22(2)11-16(12-6-4-3-5-7-12)21-17(23)20-13-8-9-14(18)15(19)10-13/h3-10,16H,11H2,1-2H3,(H2,20,21,23)/t16-/m1/s1. The van der Waals surface area contributed by atoms with Gasteiger partial charge >= 0.3 is 6.03 Å². The molecule has 0 saturated heterocycles. The number of hydrogen-bond donors (Lipinski definition) is 2. The van der Waals surface area contributed by atoms with E-state index in [2.05, 4.69) is 10.6 Å². The Balaban J connectivity index is 2.06. The van der Waals surface area contributed by atoms with Crippen LogP contribution in [0.5, 0.6) is 0 Å². The van der Waals surface area contributed by atoms with E-state index in [0.717, 1.165) is 5.56 Å². The molecule has 0 aliphatic carbocycles. The fraction of sp³-hybridized carbons (Fsp3) is 0.235. The van der Waals surface area contributed by atoms with Crippen LogP contribution in [0.4, 0.5) is 10.5 Å². The van der Waals surface area contributed by atoms with Gasteiger partial charge in [0.1, 0.15) is 0 Å². The van der Waals surface area contributed by atoms with Crippen LogP contribution in [0, 0.1) is 0 Å². The van der Waals surface area contributed by atoms with Gasteiger partial charge in [0.25, 0.3) is 0 Å². The number of urea groups is 1. The Morgan fingerprint density at radius 2 is 1.78 bits per heavy atom. The summed E-state index contributed by atoms with van der Waals surface area (Å²) < 4.78 is 0. The summed E-state index contributed by atoms with van der Waals surface area (Å²) in [5, 5.41) is 6.60. The van der Waals surface area contributed by atoms with Crippen molar-refractivity contribution in [1.29, 1.82) is 0 Å². The minimum Gasteiger partial charge on any atom is -0.330 e. The summed E-state index contributed by atoms with van der Waals surface area (Å²) in [5.41, 5.74) is 1.64. The maximum atomic E-state index is 12.3. The molecule has 0 heterocycles. The van der Waals surface area contributed by atoms with Crippen LogP contribution in [0.25, 0.3) is 0 Å². The molecule has 0 bridgehead atoms. The molecule has 2 rings (SSSR count). The van der Waals surface area contributed by atoms with Gasteiger partial charge < -0.3 is 15.5 Å². The number of nitrogens with zero attached hydrogens (tertiary/aromatic N) is 1. The summed E-state index contributed by atoms with van der Waals surface area (Å²) in [6.45, 7) is 0.693. The summed E-state index contributed by atoms with van der Waals surface area (Å²) >= 11 is 11.8. The minimum absolute atomic E-state index is 0.117. The molecule has 2 amide bonds. The van der Waals surface area contributed by atoms with Crippen molar-refractivity contribution < 1.29 is 4.79 Å². The number of hydrogen-bond acceptors (Lipinski definition) is 2. The molecule has 0 spiro atoms. The van der Waals surface area contributed by atoms with E-state index in [0.29, 0.717) is 22.3 Å². The zero-order valence-electron chi connectivity index (χ0n) is 13.0. The summed E-state index contributed by atoms with van der Waals surface area (Å²) in [6.07, 6.45) is 0. The highest BCUT2D eigenvalue weighted by atomic mass is 35.5. The van der Waals surface area contributed by atoms with Crippen LogP contribution in [0.2, 0.25) is 10.0 Å². The Bertz CT molecular complexity index is 662. The van der Waals surface area contributed by atoms with Gasteiger partial charge in [-0.15, -0.1) is 0 Å². The number of halogens is 2. The second-order valence-corrected chi connectivity index (χ2v) is 6.27. The van der Waals surface area contributed by atoms with E-state index in [1.807, 2.05) is 49.3 Å². The molecule has 2 N–H and O–H groups in total. The van der Waals surface area contributed by atoms with Crippen LogP contribution in [0.1, 0.15) is 11.6 Å². The quantitative estimate of drug-likeness (QED) is 0.837. The van der Waals surface area contributed by atoms with Gasteiger partial charge in [0.05, 0.1) is 16.1 Å². The highest BCUT2D eigenvalue weighted by Gasteiger charge is 2.15. The molecular formula is C17H19Cl2N3O. The normalized spacial score (nSPS) is 12.0. The van der Waals surface area contributed by atoms with Gasteiger partial charge in [-0.3, -0.25) is 0 Å². The molecule has 122 valence electrons. The van der Waals surface area contributed by atoms with Crippen LogP contribution in [0.15, 0.2) is 48.5 Å². The maximum Gasteiger partial charge on any atom is 0.319 e. The SMILES string of the molecule is CN(C)C[C@@H](NC(=O)Nc1ccc(Cl)c(Cl)c1)c1ccccc1. The topological polar surface area (TPSA) is 44.4 Å². The van der Waals surface area contributed by atoms with E-state index in [1.165, 1.54) is 0 Å². The number of anilines is 1. The molecule has 0 aliphatic rings. The third-order valence-electron chi connectivity index (χ3n) is 3.23. The third kappa shape index (κ3) is 5.43. The minimum atomic E-state index is -0.293. The number of amides is 2. The van der Waals surface area contributed by atoms with Gasteiger partial charge in [0.15, 0.2) is 0 Å². The molecule has 2 aromatic carbocycles. The summed E-state index contributed by atoms with van der Waals surface area (Å²) in [4.78, 5) is 14.3. The van der Waals surface area contributed by atoms with Crippen molar-refractivity contribution in [3.63, 3.8) is 0 Å². The molecule has 0 aromatic heterocycles. The molecule has 0 radical (unpaired) electrons. The number of carbonyl (C=O) groups excluding carboxylic acids is 1. The van der Waals surface area contributed by atoms with Crippen LogP contribution in [-0.2, 0) is 0 Å². The average Bonchev–Trinajstić information content (AvgIpc) is 2.51. The van der Waals surface area contributed by atoms with Crippen molar-refractivity contribution in [2.75, 3.05) is 26.0 Å². The molecule has 1 atom stereocenters. The summed E-state index contributed by atoms with van der Waals surface area (Å²) in [6, 6.07) is 14.4. The zero-order valence-corrected chi connectivity index (χ0v) is 14.5. The molecule has 0 aliphatic heterocycles. The van der Waals surface area contributed by atoms with Crippen molar-refractivity contribution in [2.45, 2.75) is 6.04 Å². The fourth-order valence-corrected chi connectivity index (χ4v) is 2.48. The van der Waals surface area contributed by atoms with Gasteiger partial charge in [0.2, 0.25) is 0 Å². The summed E-state index contributed by atoms with van der Waals surface area (Å²) in [7, 11) is 3.93. The van der Waals surface area contributed by atoms with Gasteiger partial charge in [-0.1, -0.05) is 53.5 Å². The number of benzene rings is 2. The maximum absolute atomic E-state index is 12.3. The van der Waals surface area contributed by atoms with Crippen molar-refractivity contribution in [2.24, 2.45) is 0 Å². The van der Waals surface area contributed by atoms with E-state index >= 15 is 0 Å². The molecule has 4 nitrogen and oxygen atoms in total. The number of nitrogens with one attached hydrogen (secondary N) is 2. The number of rotatable bonds is 5. The average molecular weight is 352 g/mol. The highest BCUT2D eigenvalue weighted by Crippen LogP contribution is 2.25. The first-order chi connectivity index (χ1) is 11.0. The second kappa shape index (κ2) is 8.20. The van der Waals surface area contributed by atoms with Crippen molar-refractivity contribution in [3.05, 3.63) is 64.1 Å². The highest BCUT2D eigenvalue weighted by molar-refractivity contribution is 6.42. The van der Waals surface area contributed by atoms with Gasteiger partial charge in [-0.25, -0.2) is 4.79 Å². The van der Waals surface area contributed by atoms with E-state index in [4.69, 9.17) is 23.2 Å². The Kier molecular flexibility index (Phi) is 6.28. The zero-order chi connectivity index (χ0) is 16.8. The van der Waals surface area contributed by atoms with Crippen LogP contribution in [0.3, 0.4) is 0 Å². The molecule has 2 aromatic rings.